The normalized spacial score (nSPS) is 12.3. The summed E-state index contributed by atoms with van der Waals surface area (Å²) in [6.07, 6.45) is 1.17. The Morgan fingerprint density at radius 1 is 1.05 bits per heavy atom. The lowest BCUT2D eigenvalue weighted by atomic mass is 10.1. The minimum Gasteiger partial charge on any atom is -0.399 e. The van der Waals surface area contributed by atoms with Crippen LogP contribution in [0.4, 0.5) is 11.5 Å². The first-order valence-electron chi connectivity index (χ1n) is 6.32. The molecule has 6 nitrogen and oxygen atoms in total. The smallest absolute Gasteiger partial charge is 0.161 e. The summed E-state index contributed by atoms with van der Waals surface area (Å²) in [5.41, 5.74) is 13.2. The zero-order chi connectivity index (χ0) is 15.8. The summed E-state index contributed by atoms with van der Waals surface area (Å²) in [6, 6.07) is 8.47. The third kappa shape index (κ3) is 2.97. The summed E-state index contributed by atoms with van der Waals surface area (Å²) < 4.78 is 22.7. The van der Waals surface area contributed by atoms with E-state index >= 15 is 0 Å². The standard InChI is InChI=1S/C14H18N4O2S/c1-14(2,21(3,19)20)11-8-12(16)18-13(17-11)9-4-6-10(15)7-5-9/h4-8H,15H2,1-3H3,(H2,16,17,18). The number of nitrogens with zero attached hydrogens (tertiary/aromatic N) is 2. The molecule has 112 valence electrons. The molecule has 0 aliphatic heterocycles. The monoisotopic (exact) mass is 306 g/mol. The number of hydrogen-bond acceptors (Lipinski definition) is 6. The van der Waals surface area contributed by atoms with E-state index in [9.17, 15) is 8.42 Å². The number of aromatic nitrogens is 2. The van der Waals surface area contributed by atoms with Gasteiger partial charge in [-0.05, 0) is 38.1 Å². The molecule has 1 aromatic carbocycles. The maximum atomic E-state index is 11.9. The zero-order valence-electron chi connectivity index (χ0n) is 12.2. The van der Waals surface area contributed by atoms with Crippen LogP contribution in [0.3, 0.4) is 0 Å². The van der Waals surface area contributed by atoms with E-state index in [-0.39, 0.29) is 5.82 Å². The van der Waals surface area contributed by atoms with E-state index in [2.05, 4.69) is 9.97 Å². The Hall–Kier alpha value is -2.15. The minimum atomic E-state index is -3.34. The largest absolute Gasteiger partial charge is 0.399 e. The number of nitrogen functional groups attached to an aromatic ring is 2. The van der Waals surface area contributed by atoms with Gasteiger partial charge >= 0.3 is 0 Å². The van der Waals surface area contributed by atoms with Crippen LogP contribution in [-0.2, 0) is 14.6 Å². The maximum Gasteiger partial charge on any atom is 0.161 e. The van der Waals surface area contributed by atoms with Crippen LogP contribution >= 0.6 is 0 Å². The highest BCUT2D eigenvalue weighted by atomic mass is 32.2. The van der Waals surface area contributed by atoms with Crippen LogP contribution < -0.4 is 11.5 Å². The maximum absolute atomic E-state index is 11.9. The fourth-order valence-corrected chi connectivity index (χ4v) is 2.21. The first kappa shape index (κ1) is 15.2. The van der Waals surface area contributed by atoms with Crippen molar-refractivity contribution in [3.05, 3.63) is 36.0 Å². The van der Waals surface area contributed by atoms with Crippen molar-refractivity contribution in [1.82, 2.24) is 9.97 Å². The van der Waals surface area contributed by atoms with Crippen molar-refractivity contribution >= 4 is 21.3 Å². The highest BCUT2D eigenvalue weighted by Gasteiger charge is 2.34. The Kier molecular flexibility index (Phi) is 3.63. The molecule has 0 aliphatic rings. The Balaban J connectivity index is 2.60. The summed E-state index contributed by atoms with van der Waals surface area (Å²) in [5.74, 6) is 0.602. The molecule has 1 heterocycles. The predicted octanol–water partition coefficient (Wildman–Crippen LogP) is 1.59. The Bertz CT molecular complexity index is 768. The van der Waals surface area contributed by atoms with Gasteiger partial charge in [0.1, 0.15) is 10.6 Å². The van der Waals surface area contributed by atoms with E-state index in [0.29, 0.717) is 17.2 Å². The van der Waals surface area contributed by atoms with Gasteiger partial charge in [0, 0.05) is 23.6 Å². The molecule has 21 heavy (non-hydrogen) atoms. The summed E-state index contributed by atoms with van der Waals surface area (Å²) in [4.78, 5) is 8.52. The van der Waals surface area contributed by atoms with Gasteiger partial charge in [-0.2, -0.15) is 0 Å². The van der Waals surface area contributed by atoms with Crippen molar-refractivity contribution in [2.24, 2.45) is 0 Å². The van der Waals surface area contributed by atoms with Gasteiger partial charge in [-0.15, -0.1) is 0 Å². The molecule has 0 bridgehead atoms. The summed E-state index contributed by atoms with van der Waals surface area (Å²) in [7, 11) is -3.34. The number of rotatable bonds is 3. The van der Waals surface area contributed by atoms with E-state index < -0.39 is 14.6 Å². The lowest BCUT2D eigenvalue weighted by Crippen LogP contribution is -2.29. The van der Waals surface area contributed by atoms with Crippen molar-refractivity contribution in [2.45, 2.75) is 18.6 Å². The second-order valence-corrected chi connectivity index (χ2v) is 7.97. The Morgan fingerprint density at radius 2 is 1.62 bits per heavy atom. The van der Waals surface area contributed by atoms with Crippen molar-refractivity contribution in [3.8, 4) is 11.4 Å². The first-order chi connectivity index (χ1) is 9.61. The van der Waals surface area contributed by atoms with Crippen molar-refractivity contribution in [2.75, 3.05) is 17.7 Å². The first-order valence-corrected chi connectivity index (χ1v) is 8.21. The van der Waals surface area contributed by atoms with Gasteiger partial charge in [-0.1, -0.05) is 0 Å². The van der Waals surface area contributed by atoms with Crippen molar-refractivity contribution in [3.63, 3.8) is 0 Å². The van der Waals surface area contributed by atoms with Gasteiger partial charge in [0.25, 0.3) is 0 Å². The molecule has 0 unspecified atom stereocenters. The zero-order valence-corrected chi connectivity index (χ0v) is 13.0. The van der Waals surface area contributed by atoms with Crippen molar-refractivity contribution in [1.29, 1.82) is 0 Å². The summed E-state index contributed by atoms with van der Waals surface area (Å²) >= 11 is 0. The van der Waals surface area contributed by atoms with Gasteiger partial charge in [-0.3, -0.25) is 0 Å². The molecule has 2 rings (SSSR count). The topological polar surface area (TPSA) is 112 Å². The second-order valence-electron chi connectivity index (χ2n) is 5.41. The molecule has 0 aliphatic carbocycles. The van der Waals surface area contributed by atoms with Crippen LogP contribution in [0, 0.1) is 0 Å². The molecule has 7 heteroatoms. The quantitative estimate of drug-likeness (QED) is 0.833. The van der Waals surface area contributed by atoms with Crippen molar-refractivity contribution < 1.29 is 8.42 Å². The van der Waals surface area contributed by atoms with Crippen LogP contribution in [0.5, 0.6) is 0 Å². The van der Waals surface area contributed by atoms with Gasteiger partial charge in [0.2, 0.25) is 0 Å². The van der Waals surface area contributed by atoms with E-state index in [4.69, 9.17) is 11.5 Å². The number of benzene rings is 1. The Labute approximate surface area is 124 Å². The lowest BCUT2D eigenvalue weighted by Gasteiger charge is -2.22. The van der Waals surface area contributed by atoms with Gasteiger partial charge in [-0.25, -0.2) is 18.4 Å². The second kappa shape index (κ2) is 5.00. The fourth-order valence-electron chi connectivity index (χ4n) is 1.73. The molecular weight excluding hydrogens is 288 g/mol. The number of nitrogens with two attached hydrogens (primary N) is 2. The summed E-state index contributed by atoms with van der Waals surface area (Å²) in [5, 5.41) is 0. The number of hydrogen-bond donors (Lipinski definition) is 2. The van der Waals surface area contributed by atoms with Gasteiger partial charge < -0.3 is 11.5 Å². The minimum absolute atomic E-state index is 0.226. The molecule has 2 aromatic rings. The van der Waals surface area contributed by atoms with Gasteiger partial charge in [0.15, 0.2) is 15.7 Å². The van der Waals surface area contributed by atoms with Crippen LogP contribution in [0.25, 0.3) is 11.4 Å². The van der Waals surface area contributed by atoms with Crippen LogP contribution in [0.1, 0.15) is 19.5 Å². The molecule has 0 atom stereocenters. The van der Waals surface area contributed by atoms with Crippen LogP contribution in [0.2, 0.25) is 0 Å². The highest BCUT2D eigenvalue weighted by molar-refractivity contribution is 7.91. The molecule has 0 saturated carbocycles. The van der Waals surface area contributed by atoms with Crippen LogP contribution in [0.15, 0.2) is 30.3 Å². The predicted molar refractivity (Wildman–Crippen MR) is 84.2 cm³/mol. The van der Waals surface area contributed by atoms with E-state index in [0.717, 1.165) is 5.56 Å². The fraction of sp³-hybridized carbons (Fsp3) is 0.286. The molecular formula is C14H18N4O2S. The highest BCUT2D eigenvalue weighted by Crippen LogP contribution is 2.30. The molecule has 0 fully saturated rings. The van der Waals surface area contributed by atoms with E-state index in [1.54, 1.807) is 38.1 Å². The Morgan fingerprint density at radius 3 is 2.14 bits per heavy atom. The van der Waals surface area contributed by atoms with Gasteiger partial charge in [0.05, 0.1) is 5.69 Å². The number of sulfone groups is 1. The average molecular weight is 306 g/mol. The third-order valence-corrected chi connectivity index (χ3v) is 5.52. The van der Waals surface area contributed by atoms with E-state index in [1.165, 1.54) is 12.3 Å². The molecule has 1 aromatic heterocycles. The molecule has 0 amide bonds. The van der Waals surface area contributed by atoms with Crippen LogP contribution in [-0.4, -0.2) is 24.6 Å². The molecule has 0 saturated heterocycles. The third-order valence-electron chi connectivity index (χ3n) is 3.46. The molecule has 0 radical (unpaired) electrons. The SMILES string of the molecule is CC(C)(c1cc(N)nc(-c2ccc(N)cc2)n1)S(C)(=O)=O. The average Bonchev–Trinajstić information content (AvgIpc) is 2.37. The van der Waals surface area contributed by atoms with E-state index in [1.807, 2.05) is 0 Å². The molecule has 0 spiro atoms. The molecule has 4 N–H and O–H groups in total. The number of anilines is 2. The lowest BCUT2D eigenvalue weighted by molar-refractivity contribution is 0.556. The summed E-state index contributed by atoms with van der Waals surface area (Å²) in [6.45, 7) is 3.19.